The van der Waals surface area contributed by atoms with Crippen LogP contribution < -0.4 is 5.32 Å². The summed E-state index contributed by atoms with van der Waals surface area (Å²) in [6.45, 7) is 8.64. The Hall–Kier alpha value is -0.630. The van der Waals surface area contributed by atoms with Crippen LogP contribution >= 0.6 is 0 Å². The Morgan fingerprint density at radius 2 is 2.00 bits per heavy atom. The molecule has 15 heavy (non-hydrogen) atoms. The first-order valence-electron chi connectivity index (χ1n) is 5.47. The van der Waals surface area contributed by atoms with Crippen molar-refractivity contribution in [1.29, 1.82) is 5.26 Å². The van der Waals surface area contributed by atoms with Gasteiger partial charge < -0.3 is 10.1 Å². The smallest absolute Gasteiger partial charge is 0.116 e. The third-order valence-corrected chi connectivity index (χ3v) is 2.83. The fraction of sp³-hybridized carbons (Fsp3) is 0.909. The van der Waals surface area contributed by atoms with E-state index in [0.29, 0.717) is 0 Å². The van der Waals surface area contributed by atoms with Crippen LogP contribution in [0.5, 0.6) is 0 Å². The van der Waals surface area contributed by atoms with Gasteiger partial charge in [0, 0.05) is 19.6 Å². The van der Waals surface area contributed by atoms with Gasteiger partial charge in [-0.2, -0.15) is 5.26 Å². The average molecular weight is 211 g/mol. The molecular weight excluding hydrogens is 190 g/mol. The Balaban J connectivity index is 2.54. The second-order valence-corrected chi connectivity index (χ2v) is 4.65. The number of ether oxygens (including phenoxy) is 1. The van der Waals surface area contributed by atoms with Gasteiger partial charge in [0.2, 0.25) is 0 Å². The van der Waals surface area contributed by atoms with Crippen LogP contribution in [0.25, 0.3) is 0 Å². The van der Waals surface area contributed by atoms with Crippen LogP contribution in [0.4, 0.5) is 0 Å². The van der Waals surface area contributed by atoms with Crippen molar-refractivity contribution in [3.63, 3.8) is 0 Å². The highest BCUT2D eigenvalue weighted by atomic mass is 16.5. The van der Waals surface area contributed by atoms with Gasteiger partial charge in [-0.1, -0.05) is 0 Å². The van der Waals surface area contributed by atoms with Crippen molar-refractivity contribution >= 4 is 0 Å². The lowest BCUT2D eigenvalue weighted by atomic mass is 10.0. The molecule has 3 atom stereocenters. The SMILES string of the molecule is CNC(C)(C#N)CN1CC(C)OC(C)C1. The second kappa shape index (κ2) is 4.93. The van der Waals surface area contributed by atoms with Crippen LogP contribution in [0.15, 0.2) is 0 Å². The lowest BCUT2D eigenvalue weighted by Gasteiger charge is -2.38. The van der Waals surface area contributed by atoms with Crippen LogP contribution in [0.2, 0.25) is 0 Å². The van der Waals surface area contributed by atoms with Crippen LogP contribution in [-0.4, -0.2) is 49.3 Å². The molecule has 1 aliphatic rings. The molecule has 1 aliphatic heterocycles. The summed E-state index contributed by atoms with van der Waals surface area (Å²) < 4.78 is 5.65. The van der Waals surface area contributed by atoms with Crippen molar-refractivity contribution in [3.8, 4) is 6.07 Å². The van der Waals surface area contributed by atoms with Gasteiger partial charge in [0.1, 0.15) is 5.54 Å². The van der Waals surface area contributed by atoms with Crippen molar-refractivity contribution in [2.45, 2.75) is 38.5 Å². The maximum absolute atomic E-state index is 9.08. The largest absolute Gasteiger partial charge is 0.373 e. The van der Waals surface area contributed by atoms with Crippen LogP contribution in [0, 0.1) is 11.3 Å². The Morgan fingerprint density at radius 1 is 1.47 bits per heavy atom. The van der Waals surface area contributed by atoms with E-state index in [1.807, 2.05) is 14.0 Å². The molecule has 1 heterocycles. The van der Waals surface area contributed by atoms with Crippen molar-refractivity contribution in [3.05, 3.63) is 0 Å². The predicted octanol–water partition coefficient (Wildman–Crippen LogP) is 0.597. The molecule has 1 N–H and O–H groups in total. The number of nitrogens with one attached hydrogen (secondary N) is 1. The van der Waals surface area contributed by atoms with E-state index in [0.717, 1.165) is 19.6 Å². The van der Waals surface area contributed by atoms with Gasteiger partial charge in [-0.05, 0) is 27.8 Å². The van der Waals surface area contributed by atoms with E-state index in [1.54, 1.807) is 0 Å². The molecule has 0 aromatic rings. The van der Waals surface area contributed by atoms with E-state index in [2.05, 4.69) is 30.1 Å². The Bertz CT molecular complexity index is 241. The quantitative estimate of drug-likeness (QED) is 0.742. The zero-order valence-electron chi connectivity index (χ0n) is 10.1. The van der Waals surface area contributed by atoms with Crippen molar-refractivity contribution in [2.75, 3.05) is 26.7 Å². The average Bonchev–Trinajstić information content (AvgIpc) is 2.16. The summed E-state index contributed by atoms with van der Waals surface area (Å²) >= 11 is 0. The molecule has 0 aromatic heterocycles. The van der Waals surface area contributed by atoms with E-state index in [1.165, 1.54) is 0 Å². The van der Waals surface area contributed by atoms with Crippen LogP contribution in [0.1, 0.15) is 20.8 Å². The summed E-state index contributed by atoms with van der Waals surface area (Å²) in [5, 5.41) is 12.1. The summed E-state index contributed by atoms with van der Waals surface area (Å²) in [6.07, 6.45) is 0.516. The molecule has 86 valence electrons. The molecule has 0 radical (unpaired) electrons. The highest BCUT2D eigenvalue weighted by Crippen LogP contribution is 2.13. The molecule has 1 saturated heterocycles. The maximum atomic E-state index is 9.08. The minimum Gasteiger partial charge on any atom is -0.373 e. The van der Waals surface area contributed by atoms with Crippen LogP contribution in [0.3, 0.4) is 0 Å². The molecule has 0 amide bonds. The summed E-state index contributed by atoms with van der Waals surface area (Å²) in [6, 6.07) is 2.31. The molecule has 4 heteroatoms. The van der Waals surface area contributed by atoms with E-state index < -0.39 is 5.54 Å². The van der Waals surface area contributed by atoms with Gasteiger partial charge in [0.15, 0.2) is 0 Å². The minimum atomic E-state index is -0.462. The fourth-order valence-corrected chi connectivity index (χ4v) is 2.03. The molecule has 0 aliphatic carbocycles. The van der Waals surface area contributed by atoms with Gasteiger partial charge in [0.25, 0.3) is 0 Å². The van der Waals surface area contributed by atoms with Gasteiger partial charge in [-0.15, -0.1) is 0 Å². The monoisotopic (exact) mass is 211 g/mol. The topological polar surface area (TPSA) is 48.3 Å². The van der Waals surface area contributed by atoms with E-state index in [4.69, 9.17) is 10.00 Å². The minimum absolute atomic E-state index is 0.258. The van der Waals surface area contributed by atoms with Gasteiger partial charge in [-0.3, -0.25) is 4.90 Å². The molecule has 3 unspecified atom stereocenters. The predicted molar refractivity (Wildman–Crippen MR) is 59.5 cm³/mol. The Kier molecular flexibility index (Phi) is 4.09. The number of nitrogens with zero attached hydrogens (tertiary/aromatic N) is 2. The molecule has 0 bridgehead atoms. The molecular formula is C11H21N3O. The van der Waals surface area contributed by atoms with Gasteiger partial charge in [0.05, 0.1) is 18.3 Å². The first-order valence-corrected chi connectivity index (χ1v) is 5.47. The molecule has 0 spiro atoms. The third kappa shape index (κ3) is 3.45. The number of likely N-dealkylation sites (N-methyl/N-ethyl adjacent to an activating group) is 1. The van der Waals surface area contributed by atoms with Crippen molar-refractivity contribution < 1.29 is 4.74 Å². The first kappa shape index (κ1) is 12.4. The summed E-state index contributed by atoms with van der Waals surface area (Å²) in [7, 11) is 1.83. The molecule has 0 saturated carbocycles. The van der Waals surface area contributed by atoms with Crippen molar-refractivity contribution in [2.24, 2.45) is 0 Å². The van der Waals surface area contributed by atoms with Gasteiger partial charge in [-0.25, -0.2) is 0 Å². The third-order valence-electron chi connectivity index (χ3n) is 2.83. The van der Waals surface area contributed by atoms with Crippen molar-refractivity contribution in [1.82, 2.24) is 10.2 Å². The molecule has 1 fully saturated rings. The molecule has 1 rings (SSSR count). The van der Waals surface area contributed by atoms with E-state index in [-0.39, 0.29) is 12.2 Å². The zero-order valence-corrected chi connectivity index (χ0v) is 10.1. The fourth-order valence-electron chi connectivity index (χ4n) is 2.03. The summed E-state index contributed by atoms with van der Waals surface area (Å²) in [5.41, 5.74) is -0.462. The standard InChI is InChI=1S/C11H21N3O/c1-9-5-14(6-10(2)15-9)8-11(3,7-12)13-4/h9-10,13H,5-6,8H2,1-4H3. The maximum Gasteiger partial charge on any atom is 0.116 e. The molecule has 0 aromatic carbocycles. The number of nitriles is 1. The zero-order chi connectivity index (χ0) is 11.5. The Labute approximate surface area is 92.2 Å². The van der Waals surface area contributed by atoms with E-state index in [9.17, 15) is 0 Å². The Morgan fingerprint density at radius 3 is 2.40 bits per heavy atom. The number of hydrogen-bond acceptors (Lipinski definition) is 4. The lowest BCUT2D eigenvalue weighted by Crippen LogP contribution is -2.54. The normalized spacial score (nSPS) is 31.9. The van der Waals surface area contributed by atoms with Gasteiger partial charge >= 0.3 is 0 Å². The highest BCUT2D eigenvalue weighted by Gasteiger charge is 2.29. The number of morpholine rings is 1. The number of rotatable bonds is 3. The first-order chi connectivity index (χ1) is 6.99. The summed E-state index contributed by atoms with van der Waals surface area (Å²) in [5.74, 6) is 0. The van der Waals surface area contributed by atoms with Crippen LogP contribution in [-0.2, 0) is 4.74 Å². The summed E-state index contributed by atoms with van der Waals surface area (Å²) in [4.78, 5) is 2.29. The molecule has 4 nitrogen and oxygen atoms in total. The number of hydrogen-bond donors (Lipinski definition) is 1. The lowest BCUT2D eigenvalue weighted by molar-refractivity contribution is -0.0713. The second-order valence-electron chi connectivity index (χ2n) is 4.65. The highest BCUT2D eigenvalue weighted by molar-refractivity contribution is 5.05. The van der Waals surface area contributed by atoms with E-state index >= 15 is 0 Å².